The number of para-hydroxylation sites is 3. The Balaban J connectivity index is 0.000000101. The van der Waals surface area contributed by atoms with Gasteiger partial charge in [0.1, 0.15) is 16.7 Å². The zero-order valence-corrected chi connectivity index (χ0v) is 70.2. The van der Waals surface area contributed by atoms with Gasteiger partial charge in [0.2, 0.25) is 17.1 Å². The van der Waals surface area contributed by atoms with Crippen LogP contribution in [0.2, 0.25) is 0 Å². The summed E-state index contributed by atoms with van der Waals surface area (Å²) < 4.78 is 19.9. The Morgan fingerprint density at radius 2 is 0.443 bits per heavy atom. The van der Waals surface area contributed by atoms with E-state index >= 15 is 0 Å². The van der Waals surface area contributed by atoms with Crippen molar-refractivity contribution in [1.29, 1.82) is 0 Å². The maximum absolute atomic E-state index is 6.67. The van der Waals surface area contributed by atoms with Crippen LogP contribution in [0.1, 0.15) is 0 Å². The van der Waals surface area contributed by atoms with E-state index in [0.29, 0.717) is 34.6 Å². The van der Waals surface area contributed by atoms with Crippen molar-refractivity contribution in [3.63, 3.8) is 0 Å². The Kier molecular flexibility index (Phi) is 16.5. The van der Waals surface area contributed by atoms with Gasteiger partial charge in [-0.2, -0.15) is 0 Å². The molecule has 0 spiro atoms. The van der Waals surface area contributed by atoms with Crippen LogP contribution in [0.5, 0.6) is 0 Å². The van der Waals surface area contributed by atoms with Crippen molar-refractivity contribution in [1.82, 2.24) is 29.9 Å². The quantitative estimate of drug-likeness (QED) is 0.0810. The molecule has 0 saturated carbocycles. The topological polar surface area (TPSA) is 123 Å². The van der Waals surface area contributed by atoms with E-state index in [1.165, 1.54) is 113 Å². The maximum Gasteiger partial charge on any atom is 0.227 e. The molecule has 0 N–H and O–H groups in total. The van der Waals surface area contributed by atoms with Crippen molar-refractivity contribution >= 4 is 197 Å². The number of pyridine rings is 3. The molecular formula is C120H70N8O3. The van der Waals surface area contributed by atoms with Gasteiger partial charge < -0.3 is 23.1 Å². The zero-order chi connectivity index (χ0) is 85.9. The van der Waals surface area contributed by atoms with Gasteiger partial charge in [0.15, 0.2) is 17.5 Å². The van der Waals surface area contributed by atoms with Crippen LogP contribution in [-0.2, 0) is 0 Å². The molecular weight excluding hydrogens is 1600 g/mol. The predicted molar refractivity (Wildman–Crippen MR) is 540 cm³/mol. The third-order valence-corrected chi connectivity index (χ3v) is 26.5. The Bertz CT molecular complexity index is 9320. The van der Waals surface area contributed by atoms with Crippen molar-refractivity contribution in [2.24, 2.45) is 0 Å². The van der Waals surface area contributed by atoms with Crippen LogP contribution in [0.4, 0.5) is 34.1 Å². The second-order valence-corrected chi connectivity index (χ2v) is 33.8. The van der Waals surface area contributed by atoms with Gasteiger partial charge in [-0.05, 0) is 224 Å². The molecule has 608 valence electrons. The van der Waals surface area contributed by atoms with Crippen LogP contribution in [0.15, 0.2) is 438 Å². The Hall–Kier alpha value is -17.8. The average molecular weight is 1670 g/mol. The highest BCUT2D eigenvalue weighted by Crippen LogP contribution is 2.54. The molecule has 7 heterocycles. The number of nitrogens with zero attached hydrogens (tertiary/aromatic N) is 8. The van der Waals surface area contributed by atoms with Crippen molar-refractivity contribution in [2.75, 3.05) is 9.80 Å². The van der Waals surface area contributed by atoms with E-state index in [0.717, 1.165) is 128 Å². The highest BCUT2D eigenvalue weighted by atomic mass is 16.3. The number of aromatic nitrogens is 6. The number of rotatable bonds is 13. The first-order valence-electron chi connectivity index (χ1n) is 44.2. The summed E-state index contributed by atoms with van der Waals surface area (Å²) in [6.45, 7) is 0. The van der Waals surface area contributed by atoms with Crippen LogP contribution in [0.25, 0.3) is 242 Å². The van der Waals surface area contributed by atoms with E-state index in [2.05, 4.69) is 366 Å². The molecule has 0 aliphatic rings. The first-order chi connectivity index (χ1) is 65.0. The molecule has 11 nitrogen and oxygen atoms in total. The van der Waals surface area contributed by atoms with E-state index in [-0.39, 0.29) is 0 Å². The van der Waals surface area contributed by atoms with Crippen LogP contribution >= 0.6 is 0 Å². The molecule has 0 unspecified atom stereocenters. The van der Waals surface area contributed by atoms with Crippen LogP contribution < -0.4 is 9.80 Å². The molecule has 29 rings (SSSR count). The molecule has 11 heteroatoms. The first-order valence-corrected chi connectivity index (χ1v) is 44.2. The van der Waals surface area contributed by atoms with Gasteiger partial charge in [-0.25, -0.2) is 29.9 Å². The monoisotopic (exact) mass is 1670 g/mol. The van der Waals surface area contributed by atoms with Gasteiger partial charge in [-0.1, -0.05) is 291 Å². The highest BCUT2D eigenvalue weighted by molar-refractivity contribution is 6.43. The standard InChI is InChI=1S/C43H26N2O.C40H22N4O.C37H22N2O/c1-3-9-27(10-4-1)28-19-21-33(22-20-28)45(32-13-5-2-6-14-32)34-15-7-12-30(25-34)37-26-31-18-17-29-11-8-16-35-36-23-24-44-43-40(36)41(42(37)46-43)39(31)38(29)35;1-3-9-24(10-4-1)37-42-38(25-11-5-2-6-12-25)44-39(43-37)28-15-7-14-26(21-28)31-22-27-18-17-23-13-8-16-29-30-19-20-41-40-34(30)35(36(31)45-40)33(27)32(23)29;1-3-11-26(12-4-1)39(27-13-5-2-6-14-27)28-15-7-10-24(21-28)31-22-25-18-17-23-9-8-16-29-30-19-20-38-37-34(30)35(36(31)40-37)33(25)32(23)29/h1-26H;1-22H;1-22H. The van der Waals surface area contributed by atoms with Crippen LogP contribution in [0, 0.1) is 0 Å². The fourth-order valence-corrected chi connectivity index (χ4v) is 20.8. The molecule has 22 aromatic carbocycles. The summed E-state index contributed by atoms with van der Waals surface area (Å²) >= 11 is 0. The smallest absolute Gasteiger partial charge is 0.227 e. The number of anilines is 6. The van der Waals surface area contributed by atoms with Crippen molar-refractivity contribution in [3.05, 3.63) is 425 Å². The summed E-state index contributed by atoms with van der Waals surface area (Å²) in [5, 5.41) is 29.0. The Morgan fingerprint density at radius 1 is 0.168 bits per heavy atom. The SMILES string of the molecule is c1ccc(-c2ccc(N(c3ccccc3)c3cccc(-c4cc5ccc6cccc7c8ccnc9oc4c(c98)c5c67)c3)cc2)cc1.c1ccc(-c2nc(-c3ccccc3)nc(-c3cccc(-c4cc5ccc6cccc7c8ccnc9oc4c(c98)c5c67)c3)n2)cc1.c1ccc(N(c2ccccc2)c2cccc(-c3cc4ccc5cccc6c7ccnc8oc3c(c87)c4c56)c2)cc1. The summed E-state index contributed by atoms with van der Waals surface area (Å²) in [6, 6.07) is 143. The van der Waals surface area contributed by atoms with Gasteiger partial charge in [0, 0.05) is 118 Å². The van der Waals surface area contributed by atoms with E-state index in [4.69, 9.17) is 33.2 Å². The van der Waals surface area contributed by atoms with E-state index in [9.17, 15) is 0 Å². The molecule has 0 saturated heterocycles. The third-order valence-electron chi connectivity index (χ3n) is 26.5. The second kappa shape index (κ2) is 29.4. The minimum atomic E-state index is 0.618. The molecule has 7 aromatic heterocycles. The lowest BCUT2D eigenvalue weighted by atomic mass is 9.88. The lowest BCUT2D eigenvalue weighted by Crippen LogP contribution is -2.09. The van der Waals surface area contributed by atoms with Gasteiger partial charge in [-0.15, -0.1) is 0 Å². The molecule has 0 bridgehead atoms. The van der Waals surface area contributed by atoms with E-state index < -0.39 is 0 Å². The number of benzene rings is 22. The third kappa shape index (κ3) is 11.7. The molecule has 0 fully saturated rings. The second-order valence-electron chi connectivity index (χ2n) is 33.8. The Labute approximate surface area is 749 Å². The molecule has 0 aliphatic carbocycles. The summed E-state index contributed by atoms with van der Waals surface area (Å²) in [7, 11) is 0. The predicted octanol–water partition coefficient (Wildman–Crippen LogP) is 32.7. The van der Waals surface area contributed by atoms with Gasteiger partial charge in [-0.3, -0.25) is 0 Å². The summed E-state index contributed by atoms with van der Waals surface area (Å²) in [5.74, 6) is 1.89. The van der Waals surface area contributed by atoms with Gasteiger partial charge >= 0.3 is 0 Å². The summed E-state index contributed by atoms with van der Waals surface area (Å²) in [4.78, 5) is 33.4. The molecule has 0 atom stereocenters. The Morgan fingerprint density at radius 3 is 0.817 bits per heavy atom. The number of hydrogen-bond acceptors (Lipinski definition) is 11. The fraction of sp³-hybridized carbons (Fsp3) is 0. The molecule has 0 amide bonds. The maximum atomic E-state index is 6.67. The molecule has 0 radical (unpaired) electrons. The van der Waals surface area contributed by atoms with Crippen LogP contribution in [0.3, 0.4) is 0 Å². The van der Waals surface area contributed by atoms with E-state index in [1.807, 2.05) is 79.3 Å². The van der Waals surface area contributed by atoms with E-state index in [1.54, 1.807) is 0 Å². The van der Waals surface area contributed by atoms with Gasteiger partial charge in [0.25, 0.3) is 0 Å². The van der Waals surface area contributed by atoms with Crippen molar-refractivity contribution in [3.8, 4) is 78.7 Å². The molecule has 0 aliphatic heterocycles. The lowest BCUT2D eigenvalue weighted by molar-refractivity contribution is 0.655. The van der Waals surface area contributed by atoms with Crippen LogP contribution in [-0.4, -0.2) is 29.9 Å². The fourth-order valence-electron chi connectivity index (χ4n) is 20.8. The minimum Gasteiger partial charge on any atom is -0.437 e. The van der Waals surface area contributed by atoms with Crippen molar-refractivity contribution in [2.45, 2.75) is 0 Å². The number of hydrogen-bond donors (Lipinski definition) is 0. The highest BCUT2D eigenvalue weighted by Gasteiger charge is 2.30. The first kappa shape index (κ1) is 73.5. The normalized spacial score (nSPS) is 12.0. The molecule has 29 aromatic rings. The summed E-state index contributed by atoms with van der Waals surface area (Å²) in [6.07, 6.45) is 5.58. The zero-order valence-electron chi connectivity index (χ0n) is 70.2. The largest absolute Gasteiger partial charge is 0.437 e. The van der Waals surface area contributed by atoms with Crippen molar-refractivity contribution < 1.29 is 13.3 Å². The lowest BCUT2D eigenvalue weighted by Gasteiger charge is -2.26. The summed E-state index contributed by atoms with van der Waals surface area (Å²) in [5.41, 5.74) is 22.8. The number of fused-ring (bicyclic) bond motifs is 3. The number of furan rings is 3. The molecule has 131 heavy (non-hydrogen) atoms. The minimum absolute atomic E-state index is 0.618. The average Bonchev–Trinajstić information content (AvgIpc) is 1.58. The van der Waals surface area contributed by atoms with Gasteiger partial charge in [0.05, 0.1) is 16.2 Å².